The summed E-state index contributed by atoms with van der Waals surface area (Å²) in [6.07, 6.45) is 0.630. The minimum Gasteiger partial charge on any atom is -0.246 e. The van der Waals surface area contributed by atoms with Crippen molar-refractivity contribution in [1.29, 1.82) is 0 Å². The van der Waals surface area contributed by atoms with Crippen LogP contribution in [0.1, 0.15) is 42.7 Å². The van der Waals surface area contributed by atoms with Gasteiger partial charge in [-0.05, 0) is 19.8 Å². The molecule has 2 atom stereocenters. The molecule has 138 valence electrons. The summed E-state index contributed by atoms with van der Waals surface area (Å²) in [6, 6.07) is 0. The lowest BCUT2D eigenvalue weighted by molar-refractivity contribution is 0.265. The topological polar surface area (TPSA) is 59.8 Å². The van der Waals surface area contributed by atoms with Crippen LogP contribution in [0.15, 0.2) is 21.7 Å². The Balaban J connectivity index is 2.12. The van der Waals surface area contributed by atoms with Crippen molar-refractivity contribution in [3.05, 3.63) is 67.5 Å². The Kier molecular flexibility index (Phi) is 3.23. The Morgan fingerprint density at radius 2 is 1.50 bits per heavy atom. The van der Waals surface area contributed by atoms with Gasteiger partial charge in [-0.2, -0.15) is 0 Å². The molecule has 5 nitrogen and oxygen atoms in total. The highest BCUT2D eigenvalue weighted by atomic mass is 19.2. The summed E-state index contributed by atoms with van der Waals surface area (Å²) >= 11 is 0. The summed E-state index contributed by atoms with van der Waals surface area (Å²) in [5.74, 6) is -8.36. The van der Waals surface area contributed by atoms with E-state index in [1.165, 1.54) is 7.05 Å². The summed E-state index contributed by atoms with van der Waals surface area (Å²) in [7, 11) is 1.26. The SMILES string of the molecule is C=C(C)C1(n2[nH]c(=O)n(C)c2=O)[C@@H]2CC[C@@H]1c1c(F)c(F)c(F)c(F)c12. The highest BCUT2D eigenvalue weighted by Crippen LogP contribution is 2.66. The molecule has 0 spiro atoms. The van der Waals surface area contributed by atoms with Crippen LogP contribution in [0, 0.1) is 23.3 Å². The molecular weight excluding hydrogens is 354 g/mol. The third-order valence-corrected chi connectivity index (χ3v) is 5.89. The van der Waals surface area contributed by atoms with Crippen LogP contribution in [-0.4, -0.2) is 14.3 Å². The average molecular weight is 369 g/mol. The molecule has 1 saturated carbocycles. The van der Waals surface area contributed by atoms with E-state index < -0.39 is 52.0 Å². The second kappa shape index (κ2) is 4.99. The van der Waals surface area contributed by atoms with Gasteiger partial charge in [-0.15, -0.1) is 0 Å². The second-order valence-electron chi connectivity index (χ2n) is 6.97. The minimum absolute atomic E-state index is 0.280. The molecule has 0 unspecified atom stereocenters. The molecule has 2 aliphatic rings. The zero-order valence-electron chi connectivity index (χ0n) is 14.0. The normalized spacial score (nSPS) is 26.4. The first-order chi connectivity index (χ1) is 12.2. The molecule has 4 rings (SSSR count). The first-order valence-electron chi connectivity index (χ1n) is 8.05. The van der Waals surface area contributed by atoms with E-state index in [9.17, 15) is 27.2 Å². The van der Waals surface area contributed by atoms with Gasteiger partial charge in [-0.3, -0.25) is 0 Å². The van der Waals surface area contributed by atoms with Gasteiger partial charge in [-0.1, -0.05) is 12.2 Å². The number of benzene rings is 1. The predicted octanol–water partition coefficient (Wildman–Crippen LogP) is 2.38. The third-order valence-electron chi connectivity index (χ3n) is 5.89. The van der Waals surface area contributed by atoms with Gasteiger partial charge in [0.1, 0.15) is 5.54 Å². The number of rotatable bonds is 2. The van der Waals surface area contributed by atoms with E-state index in [0.29, 0.717) is 18.4 Å². The Hall–Kier alpha value is -2.58. The van der Waals surface area contributed by atoms with Crippen LogP contribution in [-0.2, 0) is 12.6 Å². The van der Waals surface area contributed by atoms with Crippen LogP contribution in [0.2, 0.25) is 0 Å². The number of aromatic amines is 1. The summed E-state index contributed by atoms with van der Waals surface area (Å²) in [6.45, 7) is 5.44. The molecule has 0 aliphatic heterocycles. The number of allylic oxidation sites excluding steroid dienone is 1. The first kappa shape index (κ1) is 16.9. The highest BCUT2D eigenvalue weighted by molar-refractivity contribution is 5.52. The zero-order chi connectivity index (χ0) is 19.1. The zero-order valence-corrected chi connectivity index (χ0v) is 14.0. The molecule has 0 amide bonds. The fraction of sp³-hybridized carbons (Fsp3) is 0.412. The van der Waals surface area contributed by atoms with Crippen molar-refractivity contribution in [2.45, 2.75) is 37.1 Å². The fourth-order valence-electron chi connectivity index (χ4n) is 4.90. The van der Waals surface area contributed by atoms with Gasteiger partial charge < -0.3 is 0 Å². The van der Waals surface area contributed by atoms with Crippen LogP contribution < -0.4 is 11.4 Å². The number of nitrogens with zero attached hydrogens (tertiary/aromatic N) is 2. The van der Waals surface area contributed by atoms with Gasteiger partial charge in [0.15, 0.2) is 23.3 Å². The van der Waals surface area contributed by atoms with Gasteiger partial charge in [0.25, 0.3) is 0 Å². The van der Waals surface area contributed by atoms with Crippen LogP contribution >= 0.6 is 0 Å². The van der Waals surface area contributed by atoms with Crippen LogP contribution in [0.3, 0.4) is 0 Å². The number of H-pyrrole nitrogens is 1. The van der Waals surface area contributed by atoms with Crippen LogP contribution in [0.5, 0.6) is 0 Å². The van der Waals surface area contributed by atoms with Crippen molar-refractivity contribution in [2.75, 3.05) is 0 Å². The van der Waals surface area contributed by atoms with Crippen molar-refractivity contribution in [2.24, 2.45) is 7.05 Å². The Morgan fingerprint density at radius 3 is 1.85 bits per heavy atom. The Morgan fingerprint density at radius 1 is 1.04 bits per heavy atom. The third kappa shape index (κ3) is 1.61. The summed E-state index contributed by atoms with van der Waals surface area (Å²) in [4.78, 5) is 24.5. The molecule has 1 aromatic carbocycles. The molecule has 0 radical (unpaired) electrons. The molecule has 1 aromatic heterocycles. The monoisotopic (exact) mass is 369 g/mol. The average Bonchev–Trinajstić information content (AvgIpc) is 3.20. The van der Waals surface area contributed by atoms with Gasteiger partial charge >= 0.3 is 11.4 Å². The van der Waals surface area contributed by atoms with Gasteiger partial charge in [-0.25, -0.2) is 41.5 Å². The van der Waals surface area contributed by atoms with Crippen LogP contribution in [0.25, 0.3) is 0 Å². The van der Waals surface area contributed by atoms with Gasteiger partial charge in [0.2, 0.25) is 0 Å². The Labute approximate surface area is 144 Å². The van der Waals surface area contributed by atoms with Gasteiger partial charge in [0, 0.05) is 30.0 Å². The number of aromatic nitrogens is 3. The van der Waals surface area contributed by atoms with Crippen molar-refractivity contribution in [3.63, 3.8) is 0 Å². The molecule has 9 heteroatoms. The van der Waals surface area contributed by atoms with E-state index in [2.05, 4.69) is 11.7 Å². The number of halogens is 4. The molecule has 1 N–H and O–H groups in total. The molecule has 1 heterocycles. The maximum atomic E-state index is 14.5. The first-order valence-corrected chi connectivity index (χ1v) is 8.05. The van der Waals surface area contributed by atoms with E-state index in [4.69, 9.17) is 0 Å². The molecule has 0 saturated heterocycles. The van der Waals surface area contributed by atoms with Crippen molar-refractivity contribution < 1.29 is 17.6 Å². The maximum Gasteiger partial charge on any atom is 0.347 e. The molecular formula is C17H15F4N3O2. The van der Waals surface area contributed by atoms with E-state index in [1.807, 2.05) is 0 Å². The van der Waals surface area contributed by atoms with Crippen molar-refractivity contribution >= 4 is 0 Å². The minimum atomic E-state index is -1.88. The lowest BCUT2D eigenvalue weighted by atomic mass is 9.79. The quantitative estimate of drug-likeness (QED) is 0.382. The largest absolute Gasteiger partial charge is 0.347 e. The van der Waals surface area contributed by atoms with Crippen LogP contribution in [0.4, 0.5) is 17.6 Å². The van der Waals surface area contributed by atoms with Gasteiger partial charge in [0.05, 0.1) is 0 Å². The number of hydrogen-bond donors (Lipinski definition) is 1. The number of fused-ring (bicyclic) bond motifs is 5. The van der Waals surface area contributed by atoms with Crippen molar-refractivity contribution in [1.82, 2.24) is 14.3 Å². The summed E-state index contributed by atoms with van der Waals surface area (Å²) in [5, 5.41) is 2.40. The lowest BCUT2D eigenvalue weighted by Gasteiger charge is -2.35. The summed E-state index contributed by atoms with van der Waals surface area (Å²) < 4.78 is 58.6. The lowest BCUT2D eigenvalue weighted by Crippen LogP contribution is -2.45. The number of nitrogens with one attached hydrogen (secondary N) is 1. The molecule has 2 bridgehead atoms. The van der Waals surface area contributed by atoms with E-state index in [0.717, 1.165) is 9.25 Å². The predicted molar refractivity (Wildman–Crippen MR) is 84.1 cm³/mol. The van der Waals surface area contributed by atoms with E-state index >= 15 is 0 Å². The molecule has 2 aromatic rings. The van der Waals surface area contributed by atoms with E-state index in [-0.39, 0.29) is 11.1 Å². The Bertz CT molecular complexity index is 1050. The smallest absolute Gasteiger partial charge is 0.246 e. The summed E-state index contributed by atoms with van der Waals surface area (Å²) in [5.41, 5.74) is -3.00. The standard InChI is InChI=1S/C17H15F4N3O2/c1-6(2)17(24-16(26)23(3)15(25)22-24)7-4-5-8(17)10-9(7)11(18)13(20)14(21)12(10)19/h7-8H,1,4-5H2,2-3H3,(H,22,25)/t7-,8-/m1/s1. The molecule has 26 heavy (non-hydrogen) atoms. The molecule has 1 fully saturated rings. The van der Waals surface area contributed by atoms with E-state index in [1.54, 1.807) is 6.92 Å². The molecule has 2 aliphatic carbocycles. The number of hydrogen-bond acceptors (Lipinski definition) is 2. The fourth-order valence-corrected chi connectivity index (χ4v) is 4.90. The van der Waals surface area contributed by atoms with Crippen molar-refractivity contribution in [3.8, 4) is 0 Å². The maximum absolute atomic E-state index is 14.5. The second-order valence-corrected chi connectivity index (χ2v) is 6.97. The highest BCUT2D eigenvalue weighted by Gasteiger charge is 2.63.